The second kappa shape index (κ2) is 5.06. The van der Waals surface area contributed by atoms with Crippen LogP contribution in [0.25, 0.3) is 16.9 Å². The molecular formula is C15H10ClF2N3O2. The number of ether oxygens (including phenoxy) is 2. The van der Waals surface area contributed by atoms with Crippen molar-refractivity contribution in [1.82, 2.24) is 14.6 Å². The Morgan fingerprint density at radius 3 is 2.78 bits per heavy atom. The molecule has 0 bridgehead atoms. The topological polar surface area (TPSA) is 48.7 Å². The molecule has 3 aromatic rings. The van der Waals surface area contributed by atoms with Crippen LogP contribution in [-0.4, -0.2) is 21.4 Å². The number of aromatic nitrogens is 3. The Hall–Kier alpha value is -2.41. The van der Waals surface area contributed by atoms with Crippen molar-refractivity contribution in [3.8, 4) is 22.8 Å². The molecule has 23 heavy (non-hydrogen) atoms. The van der Waals surface area contributed by atoms with E-state index in [0.717, 1.165) is 4.52 Å². The molecule has 0 amide bonds. The quantitative estimate of drug-likeness (QED) is 0.708. The van der Waals surface area contributed by atoms with Crippen molar-refractivity contribution in [3.63, 3.8) is 0 Å². The van der Waals surface area contributed by atoms with Gasteiger partial charge in [-0.25, -0.2) is 18.3 Å². The van der Waals surface area contributed by atoms with Gasteiger partial charge in [0, 0.05) is 5.56 Å². The first-order valence-corrected chi connectivity index (χ1v) is 7.16. The summed E-state index contributed by atoms with van der Waals surface area (Å²) in [6, 6.07) is 6.46. The van der Waals surface area contributed by atoms with Crippen LogP contribution in [0.5, 0.6) is 11.5 Å². The molecule has 5 nitrogen and oxygen atoms in total. The number of hydrogen-bond donors (Lipinski definition) is 0. The van der Waals surface area contributed by atoms with Gasteiger partial charge in [0.1, 0.15) is 10.7 Å². The highest BCUT2D eigenvalue weighted by Crippen LogP contribution is 2.36. The maximum atomic E-state index is 13.4. The fraction of sp³-hybridized carbons (Fsp3) is 0.200. The molecule has 0 radical (unpaired) electrons. The van der Waals surface area contributed by atoms with E-state index < -0.39 is 6.43 Å². The summed E-state index contributed by atoms with van der Waals surface area (Å²) in [5, 5.41) is 4.28. The lowest BCUT2D eigenvalue weighted by Gasteiger charge is -2.08. The number of alkyl halides is 2. The summed E-state index contributed by atoms with van der Waals surface area (Å²) >= 11 is 6.14. The summed E-state index contributed by atoms with van der Waals surface area (Å²) < 4.78 is 38.4. The molecule has 0 fully saturated rings. The summed E-state index contributed by atoms with van der Waals surface area (Å²) in [6.45, 7) is 1.79. The first-order chi connectivity index (χ1) is 11.0. The molecule has 3 heterocycles. The summed E-state index contributed by atoms with van der Waals surface area (Å²) in [5.41, 5.74) is 1.39. The molecule has 0 unspecified atom stereocenters. The Balaban J connectivity index is 1.95. The first kappa shape index (κ1) is 14.2. The Morgan fingerprint density at radius 1 is 1.22 bits per heavy atom. The molecule has 0 N–H and O–H groups in total. The second-order valence-corrected chi connectivity index (χ2v) is 5.45. The van der Waals surface area contributed by atoms with Crippen LogP contribution in [0.1, 0.15) is 17.8 Å². The van der Waals surface area contributed by atoms with Gasteiger partial charge in [0.25, 0.3) is 6.43 Å². The van der Waals surface area contributed by atoms with Crippen molar-refractivity contribution < 1.29 is 18.3 Å². The van der Waals surface area contributed by atoms with Gasteiger partial charge in [-0.2, -0.15) is 5.10 Å². The van der Waals surface area contributed by atoms with Gasteiger partial charge in [0.2, 0.25) is 6.79 Å². The van der Waals surface area contributed by atoms with Gasteiger partial charge in [-0.05, 0) is 31.2 Å². The van der Waals surface area contributed by atoms with Gasteiger partial charge >= 0.3 is 0 Å². The minimum Gasteiger partial charge on any atom is -0.454 e. The van der Waals surface area contributed by atoms with Crippen molar-refractivity contribution in [1.29, 1.82) is 0 Å². The molecule has 0 aliphatic carbocycles. The standard InChI is InChI=1S/C15H10ClF2N3O2/c1-7-13(16)15-19-9(5-10(14(17)18)21(15)20-7)8-2-3-11-12(4-8)23-6-22-11/h2-5,14H,6H2,1H3. The summed E-state index contributed by atoms with van der Waals surface area (Å²) in [5.74, 6) is 1.17. The maximum absolute atomic E-state index is 13.4. The normalized spacial score (nSPS) is 13.3. The summed E-state index contributed by atoms with van der Waals surface area (Å²) in [6.07, 6.45) is -2.70. The number of halogens is 3. The zero-order valence-corrected chi connectivity index (χ0v) is 12.6. The van der Waals surface area contributed by atoms with Gasteiger partial charge in [0.05, 0.1) is 11.4 Å². The van der Waals surface area contributed by atoms with Crippen molar-refractivity contribution in [2.75, 3.05) is 6.79 Å². The molecule has 0 saturated carbocycles. The van der Waals surface area contributed by atoms with Gasteiger partial charge < -0.3 is 9.47 Å². The average Bonchev–Trinajstić information content (AvgIpc) is 3.11. The van der Waals surface area contributed by atoms with E-state index in [4.69, 9.17) is 21.1 Å². The van der Waals surface area contributed by atoms with Crippen LogP contribution in [0.3, 0.4) is 0 Å². The maximum Gasteiger partial charge on any atom is 0.280 e. The van der Waals surface area contributed by atoms with E-state index in [1.165, 1.54) is 6.07 Å². The highest BCUT2D eigenvalue weighted by molar-refractivity contribution is 6.34. The van der Waals surface area contributed by atoms with Gasteiger partial charge in [0.15, 0.2) is 17.1 Å². The number of rotatable bonds is 2. The largest absolute Gasteiger partial charge is 0.454 e. The predicted molar refractivity (Wildman–Crippen MR) is 79.3 cm³/mol. The highest BCUT2D eigenvalue weighted by atomic mass is 35.5. The third-order valence-electron chi connectivity index (χ3n) is 3.61. The molecule has 4 rings (SSSR count). The third-order valence-corrected chi connectivity index (χ3v) is 4.05. The van der Waals surface area contributed by atoms with Crippen molar-refractivity contribution in [2.24, 2.45) is 0 Å². The highest BCUT2D eigenvalue weighted by Gasteiger charge is 2.21. The molecule has 118 valence electrons. The lowest BCUT2D eigenvalue weighted by Crippen LogP contribution is -2.02. The Kier molecular flexibility index (Phi) is 3.12. The van der Waals surface area contributed by atoms with Crippen molar-refractivity contribution in [3.05, 3.63) is 40.7 Å². The molecule has 0 saturated heterocycles. The van der Waals surface area contributed by atoms with Crippen LogP contribution in [0.2, 0.25) is 5.02 Å². The number of hydrogen-bond acceptors (Lipinski definition) is 4. The molecular weight excluding hydrogens is 328 g/mol. The van der Waals surface area contributed by atoms with Crippen molar-refractivity contribution >= 4 is 17.2 Å². The number of nitrogens with zero attached hydrogens (tertiary/aromatic N) is 3. The minimum absolute atomic E-state index is 0.140. The molecule has 2 aromatic heterocycles. The van der Waals surface area contributed by atoms with Crippen LogP contribution < -0.4 is 9.47 Å². The zero-order valence-electron chi connectivity index (χ0n) is 11.9. The number of benzene rings is 1. The van der Waals surface area contributed by atoms with Crippen LogP contribution in [0.4, 0.5) is 8.78 Å². The van der Waals surface area contributed by atoms with E-state index >= 15 is 0 Å². The van der Waals surface area contributed by atoms with Crippen LogP contribution in [0.15, 0.2) is 24.3 Å². The van der Waals surface area contributed by atoms with E-state index in [0.29, 0.717) is 28.5 Å². The average molecular weight is 338 g/mol. The lowest BCUT2D eigenvalue weighted by atomic mass is 10.1. The second-order valence-electron chi connectivity index (χ2n) is 5.07. The molecule has 1 aromatic carbocycles. The minimum atomic E-state index is -2.70. The summed E-state index contributed by atoms with van der Waals surface area (Å²) in [4.78, 5) is 4.37. The van der Waals surface area contributed by atoms with Gasteiger partial charge in [-0.3, -0.25) is 0 Å². The van der Waals surface area contributed by atoms with Crippen LogP contribution >= 0.6 is 11.6 Å². The van der Waals surface area contributed by atoms with Crippen LogP contribution in [0, 0.1) is 6.92 Å². The zero-order chi connectivity index (χ0) is 16.1. The molecule has 0 atom stereocenters. The van der Waals surface area contributed by atoms with E-state index in [1.807, 2.05) is 0 Å². The van der Waals surface area contributed by atoms with E-state index in [9.17, 15) is 8.78 Å². The number of aryl methyl sites for hydroxylation is 1. The molecule has 1 aliphatic rings. The fourth-order valence-electron chi connectivity index (χ4n) is 2.48. The van der Waals surface area contributed by atoms with E-state index in [2.05, 4.69) is 10.1 Å². The van der Waals surface area contributed by atoms with Crippen LogP contribution in [-0.2, 0) is 0 Å². The molecule has 0 spiro atoms. The Labute approximate surface area is 134 Å². The van der Waals surface area contributed by atoms with E-state index in [1.54, 1.807) is 25.1 Å². The lowest BCUT2D eigenvalue weighted by molar-refractivity contribution is 0.143. The monoisotopic (exact) mass is 337 g/mol. The van der Waals surface area contributed by atoms with E-state index in [-0.39, 0.29) is 23.2 Å². The molecule has 1 aliphatic heterocycles. The fourth-order valence-corrected chi connectivity index (χ4v) is 2.64. The van der Waals surface area contributed by atoms with Crippen molar-refractivity contribution in [2.45, 2.75) is 13.3 Å². The SMILES string of the molecule is Cc1nn2c(C(F)F)cc(-c3ccc4c(c3)OCO4)nc2c1Cl. The summed E-state index contributed by atoms with van der Waals surface area (Å²) in [7, 11) is 0. The Bertz CT molecular complexity index is 927. The predicted octanol–water partition coefficient (Wildman–Crippen LogP) is 4.02. The number of fused-ring (bicyclic) bond motifs is 2. The van der Waals surface area contributed by atoms with Gasteiger partial charge in [-0.15, -0.1) is 0 Å². The molecule has 8 heteroatoms. The Morgan fingerprint density at radius 2 is 2.00 bits per heavy atom. The third kappa shape index (κ3) is 2.19. The van der Waals surface area contributed by atoms with Gasteiger partial charge in [-0.1, -0.05) is 11.6 Å². The smallest absolute Gasteiger partial charge is 0.280 e. The first-order valence-electron chi connectivity index (χ1n) is 6.78.